The lowest BCUT2D eigenvalue weighted by Gasteiger charge is -2.18. The smallest absolute Gasteiger partial charge is 0.371 e. The zero-order chi connectivity index (χ0) is 14.7. The highest BCUT2D eigenvalue weighted by atomic mass is 19.1. The molecule has 1 aromatic carbocycles. The number of aromatic carboxylic acids is 1. The SMILES string of the molecule is CC(N[C@H](C)c1ccc(F)cc1)c1ccc(C(=O)O)o1. The molecule has 0 aliphatic rings. The Hall–Kier alpha value is -2.14. The van der Waals surface area contributed by atoms with Crippen LogP contribution in [0.5, 0.6) is 0 Å². The topological polar surface area (TPSA) is 62.5 Å². The summed E-state index contributed by atoms with van der Waals surface area (Å²) in [5.74, 6) is -0.888. The Morgan fingerprint density at radius 1 is 1.15 bits per heavy atom. The summed E-state index contributed by atoms with van der Waals surface area (Å²) in [7, 11) is 0. The van der Waals surface area contributed by atoms with Crippen LogP contribution in [0.15, 0.2) is 40.8 Å². The monoisotopic (exact) mass is 277 g/mol. The van der Waals surface area contributed by atoms with E-state index in [1.54, 1.807) is 18.2 Å². The van der Waals surface area contributed by atoms with Gasteiger partial charge in [-0.15, -0.1) is 0 Å². The van der Waals surface area contributed by atoms with Crippen LogP contribution >= 0.6 is 0 Å². The van der Waals surface area contributed by atoms with Gasteiger partial charge < -0.3 is 14.8 Å². The normalized spacial score (nSPS) is 13.9. The van der Waals surface area contributed by atoms with E-state index < -0.39 is 5.97 Å². The maximum absolute atomic E-state index is 12.9. The zero-order valence-electron chi connectivity index (χ0n) is 11.3. The first-order valence-electron chi connectivity index (χ1n) is 6.32. The number of furan rings is 1. The predicted molar refractivity (Wildman–Crippen MR) is 72.0 cm³/mol. The number of hydrogen-bond acceptors (Lipinski definition) is 3. The zero-order valence-corrected chi connectivity index (χ0v) is 11.3. The molecule has 20 heavy (non-hydrogen) atoms. The van der Waals surface area contributed by atoms with Crippen LogP contribution in [-0.4, -0.2) is 11.1 Å². The van der Waals surface area contributed by atoms with Crippen LogP contribution in [0.2, 0.25) is 0 Å². The molecule has 0 radical (unpaired) electrons. The molecule has 1 heterocycles. The molecule has 0 bridgehead atoms. The molecule has 2 N–H and O–H groups in total. The van der Waals surface area contributed by atoms with Gasteiger partial charge in [0, 0.05) is 6.04 Å². The van der Waals surface area contributed by atoms with E-state index in [1.165, 1.54) is 18.2 Å². The minimum absolute atomic E-state index is 0.0102. The summed E-state index contributed by atoms with van der Waals surface area (Å²) >= 11 is 0. The fourth-order valence-corrected chi connectivity index (χ4v) is 2.01. The highest BCUT2D eigenvalue weighted by molar-refractivity contribution is 5.84. The summed E-state index contributed by atoms with van der Waals surface area (Å²) in [5.41, 5.74) is 0.947. The summed E-state index contributed by atoms with van der Waals surface area (Å²) in [4.78, 5) is 10.8. The molecule has 0 saturated heterocycles. The Balaban J connectivity index is 2.04. The molecule has 0 saturated carbocycles. The van der Waals surface area contributed by atoms with Gasteiger partial charge in [-0.25, -0.2) is 9.18 Å². The molecular weight excluding hydrogens is 261 g/mol. The Morgan fingerprint density at radius 3 is 2.35 bits per heavy atom. The van der Waals surface area contributed by atoms with E-state index in [0.717, 1.165) is 5.56 Å². The quantitative estimate of drug-likeness (QED) is 0.877. The molecular formula is C15H16FNO3. The number of carboxylic acids is 1. The predicted octanol–water partition coefficient (Wildman–Crippen LogP) is 3.53. The summed E-state index contributed by atoms with van der Waals surface area (Å²) in [6.07, 6.45) is 0. The Labute approximate surface area is 116 Å². The van der Waals surface area contributed by atoms with E-state index in [9.17, 15) is 9.18 Å². The fourth-order valence-electron chi connectivity index (χ4n) is 2.01. The molecule has 2 rings (SSSR count). The Kier molecular flexibility index (Phi) is 4.20. The van der Waals surface area contributed by atoms with E-state index in [0.29, 0.717) is 5.76 Å². The maximum atomic E-state index is 12.9. The Morgan fingerprint density at radius 2 is 1.80 bits per heavy atom. The van der Waals surface area contributed by atoms with E-state index >= 15 is 0 Å². The molecule has 0 amide bonds. The van der Waals surface area contributed by atoms with Crippen LogP contribution in [0, 0.1) is 5.82 Å². The van der Waals surface area contributed by atoms with E-state index in [1.807, 2.05) is 13.8 Å². The van der Waals surface area contributed by atoms with Gasteiger partial charge >= 0.3 is 5.97 Å². The summed E-state index contributed by atoms with van der Waals surface area (Å²) in [6, 6.07) is 9.15. The Bertz CT molecular complexity index is 591. The van der Waals surface area contributed by atoms with Crippen molar-refractivity contribution in [2.45, 2.75) is 25.9 Å². The molecule has 0 fully saturated rings. The third kappa shape index (κ3) is 3.24. The molecule has 1 unspecified atom stereocenters. The van der Waals surface area contributed by atoms with Crippen molar-refractivity contribution >= 4 is 5.97 Å². The lowest BCUT2D eigenvalue weighted by molar-refractivity contribution is 0.0659. The first-order valence-corrected chi connectivity index (χ1v) is 6.32. The van der Waals surface area contributed by atoms with Crippen molar-refractivity contribution in [1.82, 2.24) is 5.32 Å². The van der Waals surface area contributed by atoms with Crippen molar-refractivity contribution in [3.05, 3.63) is 59.3 Å². The number of halogens is 1. The molecule has 0 spiro atoms. The first-order chi connectivity index (χ1) is 9.47. The van der Waals surface area contributed by atoms with Crippen molar-refractivity contribution in [3.8, 4) is 0 Å². The number of carbonyl (C=O) groups is 1. The minimum atomic E-state index is -1.09. The highest BCUT2D eigenvalue weighted by Crippen LogP contribution is 2.21. The van der Waals surface area contributed by atoms with Crippen molar-refractivity contribution in [1.29, 1.82) is 0 Å². The molecule has 0 aliphatic heterocycles. The van der Waals surface area contributed by atoms with E-state index in [2.05, 4.69) is 5.32 Å². The average Bonchev–Trinajstić information content (AvgIpc) is 2.89. The van der Waals surface area contributed by atoms with Crippen molar-refractivity contribution < 1.29 is 18.7 Å². The van der Waals surface area contributed by atoms with Crippen molar-refractivity contribution in [2.24, 2.45) is 0 Å². The lowest BCUT2D eigenvalue weighted by atomic mass is 10.1. The van der Waals surface area contributed by atoms with Crippen LogP contribution in [0.3, 0.4) is 0 Å². The number of carboxylic acid groups (broad SMARTS) is 1. The van der Waals surface area contributed by atoms with Crippen LogP contribution < -0.4 is 5.32 Å². The molecule has 2 atom stereocenters. The van der Waals surface area contributed by atoms with E-state index in [4.69, 9.17) is 9.52 Å². The van der Waals surface area contributed by atoms with Gasteiger partial charge in [-0.3, -0.25) is 0 Å². The average molecular weight is 277 g/mol. The standard InChI is InChI=1S/C15H16FNO3/c1-9(11-3-5-12(16)6-4-11)17-10(2)13-7-8-14(20-13)15(18)19/h3-10,17H,1-2H3,(H,18,19)/t9-,10?/m1/s1. The first kappa shape index (κ1) is 14.3. The second kappa shape index (κ2) is 5.88. The molecule has 1 aromatic heterocycles. The number of hydrogen-bond donors (Lipinski definition) is 2. The van der Waals surface area contributed by atoms with Crippen LogP contribution in [0.1, 0.15) is 47.8 Å². The van der Waals surface area contributed by atoms with Crippen LogP contribution in [0.4, 0.5) is 4.39 Å². The second-order valence-electron chi connectivity index (χ2n) is 4.67. The molecule has 5 heteroatoms. The van der Waals surface area contributed by atoms with Gasteiger partial charge in [-0.1, -0.05) is 12.1 Å². The van der Waals surface area contributed by atoms with Gasteiger partial charge in [0.2, 0.25) is 5.76 Å². The fraction of sp³-hybridized carbons (Fsp3) is 0.267. The van der Waals surface area contributed by atoms with E-state index in [-0.39, 0.29) is 23.7 Å². The third-order valence-corrected chi connectivity index (χ3v) is 3.13. The van der Waals surface area contributed by atoms with Gasteiger partial charge in [0.25, 0.3) is 0 Å². The van der Waals surface area contributed by atoms with Gasteiger partial charge in [0.1, 0.15) is 11.6 Å². The maximum Gasteiger partial charge on any atom is 0.371 e. The number of nitrogens with one attached hydrogen (secondary N) is 1. The number of benzene rings is 1. The molecule has 2 aromatic rings. The van der Waals surface area contributed by atoms with Gasteiger partial charge in [0.05, 0.1) is 6.04 Å². The van der Waals surface area contributed by atoms with Gasteiger partial charge in [-0.05, 0) is 43.7 Å². The summed E-state index contributed by atoms with van der Waals surface area (Å²) < 4.78 is 18.1. The summed E-state index contributed by atoms with van der Waals surface area (Å²) in [6.45, 7) is 3.83. The van der Waals surface area contributed by atoms with Gasteiger partial charge in [0.15, 0.2) is 0 Å². The lowest BCUT2D eigenvalue weighted by Crippen LogP contribution is -2.22. The van der Waals surface area contributed by atoms with Crippen molar-refractivity contribution in [3.63, 3.8) is 0 Å². The molecule has 106 valence electrons. The second-order valence-corrected chi connectivity index (χ2v) is 4.67. The molecule has 0 aliphatic carbocycles. The highest BCUT2D eigenvalue weighted by Gasteiger charge is 2.16. The van der Waals surface area contributed by atoms with Gasteiger partial charge in [-0.2, -0.15) is 0 Å². The molecule has 4 nitrogen and oxygen atoms in total. The van der Waals surface area contributed by atoms with Crippen molar-refractivity contribution in [2.75, 3.05) is 0 Å². The minimum Gasteiger partial charge on any atom is -0.475 e. The van der Waals surface area contributed by atoms with Crippen LogP contribution in [0.25, 0.3) is 0 Å². The van der Waals surface area contributed by atoms with Crippen LogP contribution in [-0.2, 0) is 0 Å². The largest absolute Gasteiger partial charge is 0.475 e. The third-order valence-electron chi connectivity index (χ3n) is 3.13. The number of rotatable bonds is 5. The summed E-state index contributed by atoms with van der Waals surface area (Å²) in [5, 5.41) is 12.1.